The third-order valence-electron chi connectivity index (χ3n) is 5.24. The second-order valence-electron chi connectivity index (χ2n) is 6.59. The van der Waals surface area contributed by atoms with Crippen LogP contribution in [0.15, 0.2) is 18.2 Å². The lowest BCUT2D eigenvalue weighted by Gasteiger charge is -2.48. The maximum Gasteiger partial charge on any atom is 0.109 e. The van der Waals surface area contributed by atoms with Crippen LogP contribution in [0.3, 0.4) is 0 Å². The van der Waals surface area contributed by atoms with Gasteiger partial charge in [-0.15, -0.1) is 0 Å². The summed E-state index contributed by atoms with van der Waals surface area (Å²) in [5.41, 5.74) is 3.44. The summed E-state index contributed by atoms with van der Waals surface area (Å²) < 4.78 is 19.9. The Bertz CT molecular complexity index is 665. The van der Waals surface area contributed by atoms with E-state index < -0.39 is 0 Å². The highest BCUT2D eigenvalue weighted by Crippen LogP contribution is 2.28. The fourth-order valence-corrected chi connectivity index (χ4v) is 4.40. The molecule has 0 radical (unpaired) electrons. The largest absolute Gasteiger partial charge is 0.381 e. The summed E-state index contributed by atoms with van der Waals surface area (Å²) in [5, 5.41) is 3.69. The van der Waals surface area contributed by atoms with Gasteiger partial charge in [-0.1, -0.05) is 12.1 Å². The van der Waals surface area contributed by atoms with E-state index in [0.29, 0.717) is 0 Å². The zero-order valence-electron chi connectivity index (χ0n) is 13.9. The molecule has 0 amide bonds. The van der Waals surface area contributed by atoms with Gasteiger partial charge in [0, 0.05) is 44.9 Å². The number of nitrogens with one attached hydrogen (secondary N) is 1. The molecule has 3 heterocycles. The van der Waals surface area contributed by atoms with Crippen LogP contribution in [0.1, 0.15) is 18.4 Å². The number of aromatic nitrogens is 2. The molecule has 0 saturated carbocycles. The Balaban J connectivity index is 1.44. The Labute approximate surface area is 146 Å². The standard InChI is InChI=1S/C17H24N4O2S/c1-2-14(16-15(3-1)19-24-20-16)12-18-13-17(4-8-22-9-5-17)21-6-10-23-11-7-21/h1-3,18H,4-13H2. The zero-order valence-corrected chi connectivity index (χ0v) is 14.7. The van der Waals surface area contributed by atoms with Crippen molar-refractivity contribution in [3.05, 3.63) is 23.8 Å². The van der Waals surface area contributed by atoms with Gasteiger partial charge in [0.05, 0.1) is 24.9 Å². The van der Waals surface area contributed by atoms with E-state index in [0.717, 1.165) is 76.5 Å². The van der Waals surface area contributed by atoms with Gasteiger partial charge < -0.3 is 14.8 Å². The van der Waals surface area contributed by atoms with Crippen LogP contribution >= 0.6 is 11.7 Å². The number of hydrogen-bond acceptors (Lipinski definition) is 7. The average Bonchev–Trinajstić information content (AvgIpc) is 3.13. The monoisotopic (exact) mass is 348 g/mol. The third kappa shape index (κ3) is 3.32. The molecular weight excluding hydrogens is 324 g/mol. The van der Waals surface area contributed by atoms with Crippen molar-refractivity contribution in [3.8, 4) is 0 Å². The molecule has 24 heavy (non-hydrogen) atoms. The number of fused-ring (bicyclic) bond motifs is 1. The van der Waals surface area contributed by atoms with Crippen LogP contribution in [0, 0.1) is 0 Å². The van der Waals surface area contributed by atoms with Crippen LogP contribution in [0.25, 0.3) is 11.0 Å². The van der Waals surface area contributed by atoms with Crippen LogP contribution in [0.2, 0.25) is 0 Å². The van der Waals surface area contributed by atoms with Gasteiger partial charge in [0.25, 0.3) is 0 Å². The maximum atomic E-state index is 5.62. The van der Waals surface area contributed by atoms with Gasteiger partial charge in [-0.3, -0.25) is 4.90 Å². The molecule has 2 aromatic rings. The Morgan fingerprint density at radius 2 is 1.88 bits per heavy atom. The van der Waals surface area contributed by atoms with E-state index in [-0.39, 0.29) is 5.54 Å². The molecule has 130 valence electrons. The molecule has 1 N–H and O–H groups in total. The van der Waals surface area contributed by atoms with E-state index in [9.17, 15) is 0 Å². The van der Waals surface area contributed by atoms with Crippen LogP contribution < -0.4 is 5.32 Å². The average molecular weight is 348 g/mol. The van der Waals surface area contributed by atoms with Gasteiger partial charge in [0.2, 0.25) is 0 Å². The maximum absolute atomic E-state index is 5.62. The molecule has 6 nitrogen and oxygen atoms in total. The number of hydrogen-bond donors (Lipinski definition) is 1. The van der Waals surface area contributed by atoms with Gasteiger partial charge in [0.1, 0.15) is 11.0 Å². The molecule has 2 aliphatic heterocycles. The van der Waals surface area contributed by atoms with E-state index in [1.807, 2.05) is 6.07 Å². The van der Waals surface area contributed by atoms with Crippen molar-refractivity contribution in [1.82, 2.24) is 19.0 Å². The molecule has 1 aromatic carbocycles. The second kappa shape index (κ2) is 7.41. The minimum atomic E-state index is 0.191. The molecular formula is C17H24N4O2S. The number of morpholine rings is 1. The second-order valence-corrected chi connectivity index (χ2v) is 7.12. The summed E-state index contributed by atoms with van der Waals surface area (Å²) in [6.45, 7) is 7.23. The Morgan fingerprint density at radius 3 is 2.71 bits per heavy atom. The van der Waals surface area contributed by atoms with Crippen molar-refractivity contribution >= 4 is 22.8 Å². The highest BCUT2D eigenvalue weighted by Gasteiger charge is 2.38. The lowest BCUT2D eigenvalue weighted by molar-refractivity contribution is -0.0702. The van der Waals surface area contributed by atoms with Crippen molar-refractivity contribution < 1.29 is 9.47 Å². The fourth-order valence-electron chi connectivity index (χ4n) is 3.83. The minimum absolute atomic E-state index is 0.191. The SMILES string of the molecule is c1cc(CNCC2(N3CCOCC3)CCOCC2)c2nsnc2c1. The molecule has 2 fully saturated rings. The van der Waals surface area contributed by atoms with E-state index in [1.54, 1.807) is 0 Å². The van der Waals surface area contributed by atoms with Gasteiger partial charge in [-0.05, 0) is 24.5 Å². The number of rotatable bonds is 5. The molecule has 4 rings (SSSR count). The lowest BCUT2D eigenvalue weighted by Crippen LogP contribution is -2.60. The zero-order chi connectivity index (χ0) is 16.2. The first-order chi connectivity index (χ1) is 11.9. The van der Waals surface area contributed by atoms with Gasteiger partial charge >= 0.3 is 0 Å². The number of ether oxygens (including phenoxy) is 2. The molecule has 2 saturated heterocycles. The van der Waals surface area contributed by atoms with E-state index >= 15 is 0 Å². The van der Waals surface area contributed by atoms with E-state index in [2.05, 4.69) is 31.1 Å². The van der Waals surface area contributed by atoms with E-state index in [1.165, 1.54) is 17.3 Å². The summed E-state index contributed by atoms with van der Waals surface area (Å²) in [4.78, 5) is 2.61. The molecule has 7 heteroatoms. The predicted molar refractivity (Wildman–Crippen MR) is 94.3 cm³/mol. The fraction of sp³-hybridized carbons (Fsp3) is 0.647. The summed E-state index contributed by atoms with van der Waals surface area (Å²) in [6.07, 6.45) is 2.17. The molecule has 0 unspecified atom stereocenters. The van der Waals surface area contributed by atoms with Crippen molar-refractivity contribution in [2.24, 2.45) is 0 Å². The summed E-state index contributed by atoms with van der Waals surface area (Å²) in [6, 6.07) is 6.23. The van der Waals surface area contributed by atoms with Crippen molar-refractivity contribution in [2.45, 2.75) is 24.9 Å². The first-order valence-corrected chi connectivity index (χ1v) is 9.42. The molecule has 0 aliphatic carbocycles. The normalized spacial score (nSPS) is 22.0. The first-order valence-electron chi connectivity index (χ1n) is 8.69. The van der Waals surface area contributed by atoms with Crippen LogP contribution in [-0.4, -0.2) is 65.2 Å². The highest BCUT2D eigenvalue weighted by atomic mass is 32.1. The van der Waals surface area contributed by atoms with Crippen molar-refractivity contribution in [3.63, 3.8) is 0 Å². The van der Waals surface area contributed by atoms with Crippen LogP contribution in [-0.2, 0) is 16.0 Å². The van der Waals surface area contributed by atoms with Crippen molar-refractivity contribution in [2.75, 3.05) is 46.1 Å². The predicted octanol–water partition coefficient (Wildman–Crippen LogP) is 1.66. The number of benzene rings is 1. The molecule has 0 atom stereocenters. The smallest absolute Gasteiger partial charge is 0.109 e. The van der Waals surface area contributed by atoms with E-state index in [4.69, 9.17) is 9.47 Å². The van der Waals surface area contributed by atoms with Crippen molar-refractivity contribution in [1.29, 1.82) is 0 Å². The first kappa shape index (κ1) is 16.4. The Hall–Kier alpha value is -1.12. The summed E-state index contributed by atoms with van der Waals surface area (Å²) >= 11 is 1.28. The van der Waals surface area contributed by atoms with Crippen LogP contribution in [0.5, 0.6) is 0 Å². The van der Waals surface area contributed by atoms with Gasteiger partial charge in [-0.2, -0.15) is 8.75 Å². The molecule has 0 bridgehead atoms. The minimum Gasteiger partial charge on any atom is -0.381 e. The highest BCUT2D eigenvalue weighted by molar-refractivity contribution is 7.00. The van der Waals surface area contributed by atoms with Crippen LogP contribution in [0.4, 0.5) is 0 Å². The molecule has 0 spiro atoms. The quantitative estimate of drug-likeness (QED) is 0.887. The van der Waals surface area contributed by atoms with Gasteiger partial charge in [0.15, 0.2) is 0 Å². The topological polar surface area (TPSA) is 59.5 Å². The molecule has 1 aromatic heterocycles. The summed E-state index contributed by atoms with van der Waals surface area (Å²) in [7, 11) is 0. The molecule has 2 aliphatic rings. The third-order valence-corrected chi connectivity index (χ3v) is 5.79. The Morgan fingerprint density at radius 1 is 1.08 bits per heavy atom. The lowest BCUT2D eigenvalue weighted by atomic mass is 9.87. The Kier molecular flexibility index (Phi) is 5.05. The van der Waals surface area contributed by atoms with Gasteiger partial charge in [-0.25, -0.2) is 0 Å². The summed E-state index contributed by atoms with van der Waals surface area (Å²) in [5.74, 6) is 0. The number of nitrogens with zero attached hydrogens (tertiary/aromatic N) is 3.